The zero-order valence-electron chi connectivity index (χ0n) is 18.9. The van der Waals surface area contributed by atoms with Gasteiger partial charge in [-0.15, -0.1) is 0 Å². The standard InChI is InChI=1S/C24H24BrN3O6/c1-33-19-7-4-15(12-20(19)34-2)22(30)27-9-3-8-26(10-11-27)21(29)14-28-23(31)17-6-5-16(25)13-18(17)24(28)32/h4-7,12-13H,3,8-11,14H2,1-2H3. The fourth-order valence-corrected chi connectivity index (χ4v) is 4.52. The molecule has 0 aliphatic carbocycles. The molecular weight excluding hydrogens is 506 g/mol. The average Bonchev–Trinajstić information content (AvgIpc) is 3.02. The molecule has 0 saturated carbocycles. The largest absolute Gasteiger partial charge is 0.493 e. The summed E-state index contributed by atoms with van der Waals surface area (Å²) < 4.78 is 11.2. The Morgan fingerprint density at radius 3 is 2.26 bits per heavy atom. The molecule has 34 heavy (non-hydrogen) atoms. The van der Waals surface area contributed by atoms with Gasteiger partial charge in [0.1, 0.15) is 6.54 Å². The monoisotopic (exact) mass is 529 g/mol. The van der Waals surface area contributed by atoms with E-state index in [1.165, 1.54) is 14.2 Å². The molecular formula is C24H24BrN3O6. The van der Waals surface area contributed by atoms with Gasteiger partial charge in [0.15, 0.2) is 11.5 Å². The van der Waals surface area contributed by atoms with Gasteiger partial charge in [-0.1, -0.05) is 15.9 Å². The van der Waals surface area contributed by atoms with E-state index in [1.54, 1.807) is 46.2 Å². The fraction of sp³-hybridized carbons (Fsp3) is 0.333. The van der Waals surface area contributed by atoms with Crippen molar-refractivity contribution < 1.29 is 28.7 Å². The first kappa shape index (κ1) is 23.7. The van der Waals surface area contributed by atoms with Crippen LogP contribution in [0.15, 0.2) is 40.9 Å². The SMILES string of the molecule is COc1ccc(C(=O)N2CCCN(C(=O)CN3C(=O)c4ccc(Br)cc4C3=O)CC2)cc1OC. The second kappa shape index (κ2) is 9.84. The summed E-state index contributed by atoms with van der Waals surface area (Å²) in [6, 6.07) is 9.85. The van der Waals surface area contributed by atoms with Crippen LogP contribution in [0.1, 0.15) is 37.5 Å². The number of halogens is 1. The lowest BCUT2D eigenvalue weighted by molar-refractivity contribution is -0.131. The summed E-state index contributed by atoms with van der Waals surface area (Å²) in [6.45, 7) is 1.25. The Balaban J connectivity index is 1.40. The number of carbonyl (C=O) groups excluding carboxylic acids is 4. The summed E-state index contributed by atoms with van der Waals surface area (Å²) in [5.41, 5.74) is 1.05. The van der Waals surface area contributed by atoms with Crippen molar-refractivity contribution in [3.05, 3.63) is 57.6 Å². The summed E-state index contributed by atoms with van der Waals surface area (Å²) in [4.78, 5) is 55.6. The van der Waals surface area contributed by atoms with Crippen LogP contribution in [0.25, 0.3) is 0 Å². The Morgan fingerprint density at radius 2 is 1.53 bits per heavy atom. The van der Waals surface area contributed by atoms with Crippen LogP contribution in [0.5, 0.6) is 11.5 Å². The molecule has 2 aliphatic rings. The number of nitrogens with zero attached hydrogens (tertiary/aromatic N) is 3. The number of amides is 4. The van der Waals surface area contributed by atoms with E-state index in [0.717, 1.165) is 4.90 Å². The molecule has 0 radical (unpaired) electrons. The van der Waals surface area contributed by atoms with Crippen LogP contribution in [0.4, 0.5) is 0 Å². The van der Waals surface area contributed by atoms with E-state index >= 15 is 0 Å². The molecule has 0 bridgehead atoms. The number of methoxy groups -OCH3 is 2. The average molecular weight is 530 g/mol. The first-order chi connectivity index (χ1) is 16.3. The lowest BCUT2D eigenvalue weighted by Gasteiger charge is -2.24. The van der Waals surface area contributed by atoms with Crippen molar-refractivity contribution in [2.45, 2.75) is 6.42 Å². The van der Waals surface area contributed by atoms with E-state index in [1.807, 2.05) is 0 Å². The summed E-state index contributed by atoms with van der Waals surface area (Å²) >= 11 is 3.30. The van der Waals surface area contributed by atoms with Crippen molar-refractivity contribution in [3.63, 3.8) is 0 Å². The molecule has 2 aliphatic heterocycles. The molecule has 0 spiro atoms. The topological polar surface area (TPSA) is 96.5 Å². The van der Waals surface area contributed by atoms with Gasteiger partial charge in [0.05, 0.1) is 25.3 Å². The Hall–Kier alpha value is -3.40. The number of rotatable bonds is 5. The van der Waals surface area contributed by atoms with Gasteiger partial charge in [-0.05, 0) is 42.8 Å². The fourth-order valence-electron chi connectivity index (χ4n) is 4.16. The van der Waals surface area contributed by atoms with Crippen LogP contribution in [-0.4, -0.2) is 85.3 Å². The zero-order chi connectivity index (χ0) is 24.4. The van der Waals surface area contributed by atoms with Gasteiger partial charge < -0.3 is 19.3 Å². The summed E-state index contributed by atoms with van der Waals surface area (Å²) in [5, 5.41) is 0. The van der Waals surface area contributed by atoms with Crippen LogP contribution in [-0.2, 0) is 4.79 Å². The van der Waals surface area contributed by atoms with Gasteiger partial charge in [0.2, 0.25) is 5.91 Å². The van der Waals surface area contributed by atoms with Crippen molar-refractivity contribution in [1.82, 2.24) is 14.7 Å². The number of carbonyl (C=O) groups is 4. The van der Waals surface area contributed by atoms with Crippen LogP contribution in [0.3, 0.4) is 0 Å². The molecule has 0 aromatic heterocycles. The van der Waals surface area contributed by atoms with Crippen molar-refractivity contribution in [2.75, 3.05) is 46.9 Å². The molecule has 0 N–H and O–H groups in total. The van der Waals surface area contributed by atoms with Crippen LogP contribution < -0.4 is 9.47 Å². The molecule has 1 fully saturated rings. The van der Waals surface area contributed by atoms with Crippen LogP contribution in [0.2, 0.25) is 0 Å². The van der Waals surface area contributed by atoms with Crippen molar-refractivity contribution in [3.8, 4) is 11.5 Å². The second-order valence-corrected chi connectivity index (χ2v) is 8.90. The lowest BCUT2D eigenvalue weighted by Crippen LogP contribution is -2.44. The first-order valence-corrected chi connectivity index (χ1v) is 11.6. The van der Waals surface area contributed by atoms with E-state index in [4.69, 9.17) is 9.47 Å². The molecule has 1 saturated heterocycles. The molecule has 4 amide bonds. The first-order valence-electron chi connectivity index (χ1n) is 10.8. The quantitative estimate of drug-likeness (QED) is 0.552. The molecule has 0 atom stereocenters. The molecule has 0 unspecified atom stereocenters. The number of hydrogen-bond donors (Lipinski definition) is 0. The van der Waals surface area contributed by atoms with Gasteiger partial charge in [-0.25, -0.2) is 0 Å². The lowest BCUT2D eigenvalue weighted by atomic mass is 10.1. The minimum Gasteiger partial charge on any atom is -0.493 e. The highest BCUT2D eigenvalue weighted by atomic mass is 79.9. The minimum atomic E-state index is -0.477. The van der Waals surface area contributed by atoms with Crippen molar-refractivity contribution in [1.29, 1.82) is 0 Å². The van der Waals surface area contributed by atoms with E-state index in [2.05, 4.69) is 15.9 Å². The number of fused-ring (bicyclic) bond motifs is 1. The molecule has 4 rings (SSSR count). The summed E-state index contributed by atoms with van der Waals surface area (Å²) in [7, 11) is 3.04. The zero-order valence-corrected chi connectivity index (χ0v) is 20.5. The van der Waals surface area contributed by atoms with E-state index in [9.17, 15) is 19.2 Å². The van der Waals surface area contributed by atoms with Crippen LogP contribution >= 0.6 is 15.9 Å². The third-order valence-electron chi connectivity index (χ3n) is 5.99. The Morgan fingerprint density at radius 1 is 0.853 bits per heavy atom. The maximum absolute atomic E-state index is 13.0. The number of ether oxygens (including phenoxy) is 2. The molecule has 178 valence electrons. The maximum Gasteiger partial charge on any atom is 0.262 e. The predicted octanol–water partition coefficient (Wildman–Crippen LogP) is 2.44. The number of hydrogen-bond acceptors (Lipinski definition) is 6. The van der Waals surface area contributed by atoms with E-state index < -0.39 is 11.8 Å². The van der Waals surface area contributed by atoms with Crippen molar-refractivity contribution >= 4 is 39.6 Å². The van der Waals surface area contributed by atoms with Gasteiger partial charge in [0, 0.05) is 36.2 Å². The second-order valence-electron chi connectivity index (χ2n) is 7.98. The maximum atomic E-state index is 13.0. The Kier molecular flexibility index (Phi) is 6.87. The molecule has 2 aromatic carbocycles. The van der Waals surface area contributed by atoms with Gasteiger partial charge >= 0.3 is 0 Å². The highest BCUT2D eigenvalue weighted by Crippen LogP contribution is 2.28. The third-order valence-corrected chi connectivity index (χ3v) is 6.49. The van der Waals surface area contributed by atoms with E-state index in [-0.39, 0.29) is 23.9 Å². The Bertz CT molecular complexity index is 1170. The number of benzene rings is 2. The summed E-state index contributed by atoms with van der Waals surface area (Å²) in [5.74, 6) is -0.439. The molecule has 2 heterocycles. The van der Waals surface area contributed by atoms with Gasteiger partial charge in [-0.2, -0.15) is 0 Å². The number of imide groups is 1. The predicted molar refractivity (Wildman–Crippen MR) is 126 cm³/mol. The molecule has 10 heteroatoms. The van der Waals surface area contributed by atoms with Crippen LogP contribution in [0, 0.1) is 0 Å². The van der Waals surface area contributed by atoms with Gasteiger partial charge in [-0.3, -0.25) is 24.1 Å². The summed E-state index contributed by atoms with van der Waals surface area (Å²) in [6.07, 6.45) is 0.583. The van der Waals surface area contributed by atoms with Crippen molar-refractivity contribution in [2.24, 2.45) is 0 Å². The Labute approximate surface area is 205 Å². The van der Waals surface area contributed by atoms with Gasteiger partial charge in [0.25, 0.3) is 17.7 Å². The van der Waals surface area contributed by atoms with E-state index in [0.29, 0.717) is 59.7 Å². The highest BCUT2D eigenvalue weighted by molar-refractivity contribution is 9.10. The smallest absolute Gasteiger partial charge is 0.262 e. The minimum absolute atomic E-state index is 0.166. The third kappa shape index (κ3) is 4.50. The molecule has 9 nitrogen and oxygen atoms in total. The molecule has 2 aromatic rings. The highest BCUT2D eigenvalue weighted by Gasteiger charge is 2.37. The normalized spacial score (nSPS) is 15.8.